The lowest BCUT2D eigenvalue weighted by Gasteiger charge is -2.39. The molecule has 10 nitrogen and oxygen atoms in total. The Labute approximate surface area is 219 Å². The molecule has 2 aromatic heterocycles. The fourth-order valence-electron chi connectivity index (χ4n) is 4.56. The van der Waals surface area contributed by atoms with Crippen LogP contribution in [-0.2, 0) is 11.3 Å². The van der Waals surface area contributed by atoms with Crippen molar-refractivity contribution >= 4 is 22.9 Å². The zero-order valence-corrected chi connectivity index (χ0v) is 21.1. The summed E-state index contributed by atoms with van der Waals surface area (Å²) in [6.07, 6.45) is 3.00. The topological polar surface area (TPSA) is 132 Å². The van der Waals surface area contributed by atoms with Crippen LogP contribution in [0.5, 0.6) is 11.5 Å². The van der Waals surface area contributed by atoms with Crippen LogP contribution in [0.25, 0.3) is 16.9 Å². The predicted octanol–water partition coefficient (Wildman–Crippen LogP) is 3.52. The second-order valence-electron chi connectivity index (χ2n) is 9.58. The maximum absolute atomic E-state index is 13.6. The molecule has 0 spiro atoms. The summed E-state index contributed by atoms with van der Waals surface area (Å²) in [5.41, 5.74) is 7.49. The van der Waals surface area contributed by atoms with Crippen molar-refractivity contribution in [2.75, 3.05) is 18.8 Å². The van der Waals surface area contributed by atoms with Gasteiger partial charge in [0.1, 0.15) is 35.0 Å². The van der Waals surface area contributed by atoms with Crippen LogP contribution in [0.15, 0.2) is 77.4 Å². The number of para-hydroxylation sites is 1. The van der Waals surface area contributed by atoms with Gasteiger partial charge in [0.05, 0.1) is 5.69 Å². The van der Waals surface area contributed by atoms with Gasteiger partial charge in [-0.15, -0.1) is 0 Å². The van der Waals surface area contributed by atoms with E-state index in [9.17, 15) is 14.9 Å². The van der Waals surface area contributed by atoms with E-state index in [1.807, 2.05) is 50.2 Å². The number of fused-ring (bicyclic) bond motifs is 1. The quantitative estimate of drug-likeness (QED) is 0.298. The number of benzene rings is 2. The molecule has 4 aromatic rings. The lowest BCUT2D eigenvalue weighted by Crippen LogP contribution is -2.52. The van der Waals surface area contributed by atoms with E-state index in [1.54, 1.807) is 39.8 Å². The molecular formula is C28H27N7O3. The van der Waals surface area contributed by atoms with E-state index < -0.39 is 0 Å². The minimum absolute atomic E-state index is 0.0348. The summed E-state index contributed by atoms with van der Waals surface area (Å²) in [7, 11) is 0. The third kappa shape index (κ3) is 4.74. The van der Waals surface area contributed by atoms with Crippen molar-refractivity contribution in [2.24, 2.45) is 11.8 Å². The van der Waals surface area contributed by atoms with Gasteiger partial charge in [-0.1, -0.05) is 38.1 Å². The summed E-state index contributed by atoms with van der Waals surface area (Å²) in [6, 6.07) is 18.5. The molecule has 10 heteroatoms. The normalized spacial score (nSPS) is 13.9. The van der Waals surface area contributed by atoms with Crippen LogP contribution >= 0.6 is 0 Å². The number of hydrogen-bond acceptors (Lipinski definition) is 7. The average Bonchev–Trinajstić information content (AvgIpc) is 3.17. The van der Waals surface area contributed by atoms with E-state index >= 15 is 0 Å². The number of anilines is 1. The molecule has 1 saturated heterocycles. The number of nitrogens with two attached hydrogens (primary N) is 1. The van der Waals surface area contributed by atoms with Gasteiger partial charge in [0.15, 0.2) is 11.5 Å². The molecule has 3 heterocycles. The fourth-order valence-corrected chi connectivity index (χ4v) is 4.56. The Morgan fingerprint density at radius 3 is 2.47 bits per heavy atom. The molecule has 5 rings (SSSR count). The number of imidazole rings is 1. The third-order valence-electron chi connectivity index (χ3n) is 6.34. The number of carbonyl (C=O) groups excluding carboxylic acids is 1. The molecule has 2 N–H and O–H groups in total. The standard InChI is InChI=1S/C28H27N7O3/c1-18(2)12-20(13-29)27(36)33-14-19(15-33)16-34-26-24(25(30)31-17-32-26)35(28(34)37)21-8-10-23(11-9-21)38-22-6-4-3-5-7-22/h3-12,17-19H,14-16H2,1-2H3,(H2,30,31,32). The van der Waals surface area contributed by atoms with Crippen LogP contribution in [0.2, 0.25) is 0 Å². The Bertz CT molecular complexity index is 1610. The second-order valence-corrected chi connectivity index (χ2v) is 9.58. The molecule has 1 aliphatic heterocycles. The van der Waals surface area contributed by atoms with Crippen LogP contribution in [0.4, 0.5) is 5.82 Å². The highest BCUT2D eigenvalue weighted by Crippen LogP contribution is 2.26. The monoisotopic (exact) mass is 509 g/mol. The Morgan fingerprint density at radius 1 is 1.13 bits per heavy atom. The number of amides is 1. The first-order valence-electron chi connectivity index (χ1n) is 12.3. The van der Waals surface area contributed by atoms with E-state index in [0.717, 1.165) is 0 Å². The summed E-state index contributed by atoms with van der Waals surface area (Å²) in [6.45, 7) is 5.09. The molecule has 2 aromatic carbocycles. The highest BCUT2D eigenvalue weighted by Gasteiger charge is 2.34. The first-order valence-corrected chi connectivity index (χ1v) is 12.3. The Kier molecular flexibility index (Phi) is 6.66. The zero-order valence-electron chi connectivity index (χ0n) is 21.1. The van der Waals surface area contributed by atoms with Crippen molar-refractivity contribution in [2.45, 2.75) is 20.4 Å². The Balaban J connectivity index is 1.40. The van der Waals surface area contributed by atoms with Gasteiger partial charge in [0, 0.05) is 25.6 Å². The second kappa shape index (κ2) is 10.2. The van der Waals surface area contributed by atoms with Gasteiger partial charge in [-0.3, -0.25) is 13.9 Å². The van der Waals surface area contributed by atoms with E-state index in [1.165, 1.54) is 10.9 Å². The van der Waals surface area contributed by atoms with Crippen molar-refractivity contribution in [3.8, 4) is 23.3 Å². The first-order chi connectivity index (χ1) is 18.4. The molecule has 0 unspecified atom stereocenters. The summed E-state index contributed by atoms with van der Waals surface area (Å²) >= 11 is 0. The van der Waals surface area contributed by atoms with Crippen molar-refractivity contribution in [1.82, 2.24) is 24.0 Å². The van der Waals surface area contributed by atoms with Crippen LogP contribution in [0, 0.1) is 23.2 Å². The number of allylic oxidation sites excluding steroid dienone is 1. The van der Waals surface area contributed by atoms with Crippen LogP contribution < -0.4 is 16.2 Å². The summed E-state index contributed by atoms with van der Waals surface area (Å²) in [4.78, 5) is 36.4. The third-order valence-corrected chi connectivity index (χ3v) is 6.34. The predicted molar refractivity (Wildman–Crippen MR) is 143 cm³/mol. The number of nitriles is 1. The molecule has 0 bridgehead atoms. The number of rotatable bonds is 7. The van der Waals surface area contributed by atoms with Crippen molar-refractivity contribution < 1.29 is 9.53 Å². The summed E-state index contributed by atoms with van der Waals surface area (Å²) in [5.74, 6) is 1.38. The van der Waals surface area contributed by atoms with E-state index in [-0.39, 0.29) is 34.8 Å². The number of nitrogens with zero attached hydrogens (tertiary/aromatic N) is 6. The number of carbonyl (C=O) groups is 1. The number of hydrogen-bond donors (Lipinski definition) is 1. The zero-order chi connectivity index (χ0) is 26.8. The molecule has 0 saturated carbocycles. The highest BCUT2D eigenvalue weighted by atomic mass is 16.5. The molecule has 1 fully saturated rings. The molecular weight excluding hydrogens is 482 g/mol. The van der Waals surface area contributed by atoms with E-state index in [2.05, 4.69) is 9.97 Å². The van der Waals surface area contributed by atoms with Gasteiger partial charge in [0.25, 0.3) is 5.91 Å². The minimum atomic E-state index is -0.300. The van der Waals surface area contributed by atoms with Crippen molar-refractivity contribution in [3.63, 3.8) is 0 Å². The van der Waals surface area contributed by atoms with Gasteiger partial charge in [0.2, 0.25) is 0 Å². The molecule has 0 aliphatic carbocycles. The number of ether oxygens (including phenoxy) is 1. The van der Waals surface area contributed by atoms with E-state index in [0.29, 0.717) is 48.0 Å². The number of likely N-dealkylation sites (tertiary alicyclic amines) is 1. The minimum Gasteiger partial charge on any atom is -0.457 e. The van der Waals surface area contributed by atoms with Gasteiger partial charge >= 0.3 is 5.69 Å². The lowest BCUT2D eigenvalue weighted by molar-refractivity contribution is -0.133. The largest absolute Gasteiger partial charge is 0.457 e. The summed E-state index contributed by atoms with van der Waals surface area (Å²) in [5, 5.41) is 9.35. The molecule has 0 atom stereocenters. The van der Waals surface area contributed by atoms with Gasteiger partial charge in [-0.2, -0.15) is 5.26 Å². The summed E-state index contributed by atoms with van der Waals surface area (Å²) < 4.78 is 8.94. The van der Waals surface area contributed by atoms with E-state index in [4.69, 9.17) is 10.5 Å². The lowest BCUT2D eigenvalue weighted by atomic mass is 9.98. The number of aromatic nitrogens is 4. The van der Waals surface area contributed by atoms with Crippen molar-refractivity contribution in [1.29, 1.82) is 5.26 Å². The van der Waals surface area contributed by atoms with Crippen LogP contribution in [0.1, 0.15) is 13.8 Å². The molecule has 192 valence electrons. The highest BCUT2D eigenvalue weighted by molar-refractivity contribution is 5.97. The maximum atomic E-state index is 13.6. The first kappa shape index (κ1) is 24.8. The molecule has 0 radical (unpaired) electrons. The molecule has 38 heavy (non-hydrogen) atoms. The molecule has 1 aliphatic rings. The Morgan fingerprint density at radius 2 is 1.82 bits per heavy atom. The van der Waals surface area contributed by atoms with Crippen LogP contribution in [0.3, 0.4) is 0 Å². The maximum Gasteiger partial charge on any atom is 0.335 e. The van der Waals surface area contributed by atoms with Crippen molar-refractivity contribution in [3.05, 3.63) is 83.1 Å². The number of nitrogen functional groups attached to an aromatic ring is 1. The van der Waals surface area contributed by atoms with Gasteiger partial charge < -0.3 is 15.4 Å². The molecule has 1 amide bonds. The SMILES string of the molecule is CC(C)C=C(C#N)C(=O)N1CC(Cn2c(=O)n(-c3ccc(Oc4ccccc4)cc3)c3c(N)ncnc32)C1. The fraction of sp³-hybridized carbons (Fsp3) is 0.250. The smallest absolute Gasteiger partial charge is 0.335 e. The van der Waals surface area contributed by atoms with Gasteiger partial charge in [-0.25, -0.2) is 14.8 Å². The average molecular weight is 510 g/mol. The Hall–Kier alpha value is -4.91. The van der Waals surface area contributed by atoms with Crippen LogP contribution in [-0.4, -0.2) is 43.0 Å². The van der Waals surface area contributed by atoms with Gasteiger partial charge in [-0.05, 0) is 42.3 Å².